The minimum absolute atomic E-state index is 0.0451. The Kier molecular flexibility index (Phi) is 12.5. The van der Waals surface area contributed by atoms with Crippen molar-refractivity contribution in [3.63, 3.8) is 0 Å². The maximum atomic E-state index is 5.57. The summed E-state index contributed by atoms with van der Waals surface area (Å²) in [4.78, 5) is 36.8. The summed E-state index contributed by atoms with van der Waals surface area (Å²) < 4.78 is 2.35. The largest absolute Gasteiger partial charge is 0.311 e. The molecule has 0 amide bonds. The first-order valence-electron chi connectivity index (χ1n) is 30.5. The molecule has 10 heteroatoms. The number of benzene rings is 12. The second-order valence-electron chi connectivity index (χ2n) is 23.2. The SMILES string of the molecule is Cc1ccc2c(c1)c1cc(C)ccc1n2-c1ccc(-c2nc(-c3ccccc3)nc(-c3ccccc3)n2)cc1-c1nc(-c2ccccc2)nc(-c2cccc(-c3cccc(N4c5ccccc5B5c6ccccc6N(c6ccccc6)c6cccc4c65)c3)c2)n1. The first kappa shape index (κ1) is 52.5. The standard InChI is InChI=1S/C80H54BN9/c1-51-40-43-67-62(46-51)63-47-52(2)41-44-68(63)90(67)69-45-42-59(79-83-75(53-22-7-3-8-23-53)82-76(84-79)54-24-9-4-10-25-54)50-64(69)80-86-77(55-26-11-5-12-27-55)85-78(87-80)58-30-19-28-56(48-58)57-29-20-33-61(49-57)89-71-37-18-16-35-66(71)81-65-34-15-17-36-70(65)88(60-31-13-6-14-32-60)72-38-21-39-73(89)74(72)81/h3-50H,1-2H3. The summed E-state index contributed by atoms with van der Waals surface area (Å²) in [6, 6.07) is 103. The molecule has 15 aromatic rings. The van der Waals surface area contributed by atoms with Crippen LogP contribution in [0.1, 0.15) is 11.1 Å². The average molecular weight is 1150 g/mol. The van der Waals surface area contributed by atoms with Crippen LogP contribution in [-0.2, 0) is 0 Å². The Bertz CT molecular complexity index is 5190. The lowest BCUT2D eigenvalue weighted by Gasteiger charge is -2.44. The summed E-state index contributed by atoms with van der Waals surface area (Å²) in [6.07, 6.45) is 0. The first-order valence-corrected chi connectivity index (χ1v) is 30.5. The fourth-order valence-electron chi connectivity index (χ4n) is 13.5. The van der Waals surface area contributed by atoms with Gasteiger partial charge in [0.05, 0.1) is 16.7 Å². The molecule has 0 N–H and O–H groups in total. The van der Waals surface area contributed by atoms with Gasteiger partial charge >= 0.3 is 0 Å². The van der Waals surface area contributed by atoms with Gasteiger partial charge in [0.15, 0.2) is 34.9 Å². The van der Waals surface area contributed by atoms with E-state index in [1.807, 2.05) is 78.9 Å². The Labute approximate surface area is 521 Å². The second kappa shape index (κ2) is 21.5. The van der Waals surface area contributed by atoms with Crippen molar-refractivity contribution in [2.75, 3.05) is 9.80 Å². The van der Waals surface area contributed by atoms with E-state index in [0.29, 0.717) is 34.9 Å². The number of anilines is 6. The van der Waals surface area contributed by atoms with E-state index < -0.39 is 0 Å². The van der Waals surface area contributed by atoms with Gasteiger partial charge in [-0.15, -0.1) is 0 Å². The van der Waals surface area contributed by atoms with Gasteiger partial charge < -0.3 is 14.4 Å². The molecule has 5 heterocycles. The minimum atomic E-state index is 0.0451. The maximum Gasteiger partial charge on any atom is 0.252 e. The van der Waals surface area contributed by atoms with Gasteiger partial charge in [-0.25, -0.2) is 29.9 Å². The molecular formula is C80H54BN9. The third-order valence-electron chi connectivity index (χ3n) is 17.6. The van der Waals surface area contributed by atoms with E-state index in [2.05, 4.69) is 241 Å². The highest BCUT2D eigenvalue weighted by Crippen LogP contribution is 2.45. The van der Waals surface area contributed by atoms with Gasteiger partial charge in [-0.3, -0.25) is 0 Å². The molecule has 0 radical (unpaired) electrons. The van der Waals surface area contributed by atoms with Crippen LogP contribution in [0, 0.1) is 13.8 Å². The highest BCUT2D eigenvalue weighted by molar-refractivity contribution is 7.00. The number of nitrogens with zero attached hydrogens (tertiary/aromatic N) is 9. The number of para-hydroxylation sites is 3. The van der Waals surface area contributed by atoms with Crippen molar-refractivity contribution >= 4 is 79.0 Å². The zero-order chi connectivity index (χ0) is 59.8. The summed E-state index contributed by atoms with van der Waals surface area (Å²) in [6.45, 7) is 4.35. The molecule has 0 unspecified atom stereocenters. The smallest absolute Gasteiger partial charge is 0.252 e. The summed E-state index contributed by atoms with van der Waals surface area (Å²) in [5.41, 5.74) is 23.3. The lowest BCUT2D eigenvalue weighted by atomic mass is 9.33. The zero-order valence-corrected chi connectivity index (χ0v) is 49.3. The van der Waals surface area contributed by atoms with Crippen LogP contribution < -0.4 is 26.2 Å². The van der Waals surface area contributed by atoms with Crippen molar-refractivity contribution in [1.29, 1.82) is 0 Å². The Hall–Kier alpha value is -11.9. The summed E-state index contributed by atoms with van der Waals surface area (Å²) in [5.74, 6) is 3.26. The molecular weight excluding hydrogens is 1100 g/mol. The van der Waals surface area contributed by atoms with Crippen molar-refractivity contribution in [2.24, 2.45) is 0 Å². The lowest BCUT2D eigenvalue weighted by Crippen LogP contribution is -2.61. The van der Waals surface area contributed by atoms with E-state index >= 15 is 0 Å². The number of aromatic nitrogens is 7. The number of fused-ring (bicyclic) bond motifs is 7. The summed E-state index contributed by atoms with van der Waals surface area (Å²) in [7, 11) is 0. The highest BCUT2D eigenvalue weighted by Gasteiger charge is 2.43. The van der Waals surface area contributed by atoms with Crippen LogP contribution in [0.25, 0.3) is 107 Å². The Balaban J connectivity index is 0.835. The predicted molar refractivity (Wildman–Crippen MR) is 369 cm³/mol. The number of hydrogen-bond donors (Lipinski definition) is 0. The highest BCUT2D eigenvalue weighted by atomic mass is 15.2. The van der Waals surface area contributed by atoms with E-state index in [0.717, 1.165) is 84.0 Å². The molecule has 17 rings (SSSR count). The molecule has 0 bridgehead atoms. The number of rotatable bonds is 10. The third-order valence-corrected chi connectivity index (χ3v) is 17.6. The van der Waals surface area contributed by atoms with Crippen LogP contribution in [0.3, 0.4) is 0 Å². The van der Waals surface area contributed by atoms with Crippen LogP contribution >= 0.6 is 0 Å². The molecule has 3 aromatic heterocycles. The fraction of sp³-hybridized carbons (Fsp3) is 0.0250. The van der Waals surface area contributed by atoms with Gasteiger partial charge in [-0.1, -0.05) is 205 Å². The van der Waals surface area contributed by atoms with Crippen LogP contribution in [0.4, 0.5) is 34.1 Å². The lowest BCUT2D eigenvalue weighted by molar-refractivity contribution is 1.06. The average Bonchev–Trinajstić information content (AvgIpc) is 0.771. The molecule has 0 saturated carbocycles. The quantitative estimate of drug-likeness (QED) is 0.125. The Morgan fingerprint density at radius 2 is 0.656 bits per heavy atom. The summed E-state index contributed by atoms with van der Waals surface area (Å²) >= 11 is 0. The fourth-order valence-corrected chi connectivity index (χ4v) is 13.5. The molecule has 2 aliphatic rings. The molecule has 0 atom stereocenters. The molecule has 0 spiro atoms. The Morgan fingerprint density at radius 3 is 1.20 bits per heavy atom. The molecule has 0 aliphatic carbocycles. The second-order valence-corrected chi connectivity index (χ2v) is 23.2. The number of hydrogen-bond acceptors (Lipinski definition) is 8. The van der Waals surface area contributed by atoms with E-state index in [-0.39, 0.29) is 6.71 Å². The van der Waals surface area contributed by atoms with Crippen LogP contribution in [0.5, 0.6) is 0 Å². The molecule has 90 heavy (non-hydrogen) atoms. The van der Waals surface area contributed by atoms with E-state index in [4.69, 9.17) is 29.9 Å². The van der Waals surface area contributed by atoms with Crippen molar-refractivity contribution in [2.45, 2.75) is 13.8 Å². The van der Waals surface area contributed by atoms with Crippen LogP contribution in [0.2, 0.25) is 0 Å². The summed E-state index contributed by atoms with van der Waals surface area (Å²) in [5, 5.41) is 2.33. The predicted octanol–water partition coefficient (Wildman–Crippen LogP) is 17.5. The van der Waals surface area contributed by atoms with E-state index in [1.165, 1.54) is 49.7 Å². The normalized spacial score (nSPS) is 12.3. The molecule has 422 valence electrons. The van der Waals surface area contributed by atoms with Gasteiger partial charge in [0.25, 0.3) is 6.71 Å². The molecule has 0 saturated heterocycles. The molecule has 9 nitrogen and oxygen atoms in total. The molecule has 2 aliphatic heterocycles. The van der Waals surface area contributed by atoms with Gasteiger partial charge in [0, 0.05) is 78.3 Å². The van der Waals surface area contributed by atoms with E-state index in [9.17, 15) is 0 Å². The number of aryl methyl sites for hydroxylation is 2. The zero-order valence-electron chi connectivity index (χ0n) is 49.3. The first-order chi connectivity index (χ1) is 44.4. The monoisotopic (exact) mass is 1150 g/mol. The van der Waals surface area contributed by atoms with Crippen molar-refractivity contribution in [3.05, 3.63) is 302 Å². The van der Waals surface area contributed by atoms with Gasteiger partial charge in [0.1, 0.15) is 0 Å². The van der Waals surface area contributed by atoms with Gasteiger partial charge in [-0.05, 0) is 138 Å². The molecule has 12 aromatic carbocycles. The molecule has 0 fully saturated rings. The minimum Gasteiger partial charge on any atom is -0.311 e. The van der Waals surface area contributed by atoms with Gasteiger partial charge in [0.2, 0.25) is 0 Å². The van der Waals surface area contributed by atoms with Crippen molar-refractivity contribution in [3.8, 4) is 85.1 Å². The van der Waals surface area contributed by atoms with Crippen LogP contribution in [-0.4, -0.2) is 41.2 Å². The maximum absolute atomic E-state index is 5.57. The third kappa shape index (κ3) is 8.95. The Morgan fingerprint density at radius 1 is 0.267 bits per heavy atom. The topological polar surface area (TPSA) is 88.7 Å². The van der Waals surface area contributed by atoms with Crippen molar-refractivity contribution in [1.82, 2.24) is 34.5 Å². The van der Waals surface area contributed by atoms with Crippen LogP contribution in [0.15, 0.2) is 291 Å². The van der Waals surface area contributed by atoms with E-state index in [1.54, 1.807) is 0 Å². The van der Waals surface area contributed by atoms with Gasteiger partial charge in [-0.2, -0.15) is 0 Å². The van der Waals surface area contributed by atoms with Crippen molar-refractivity contribution < 1.29 is 0 Å².